The van der Waals surface area contributed by atoms with Crippen LogP contribution in [0, 0.1) is 10.1 Å². The summed E-state index contributed by atoms with van der Waals surface area (Å²) in [5.74, 6) is 0.740. The van der Waals surface area contributed by atoms with E-state index in [-0.39, 0.29) is 17.6 Å². The normalized spacial score (nSPS) is 10.8. The van der Waals surface area contributed by atoms with Crippen molar-refractivity contribution in [1.82, 2.24) is 6.15 Å². The number of benzene rings is 2. The molecule has 2 rings (SSSR count). The summed E-state index contributed by atoms with van der Waals surface area (Å²) < 4.78 is 5.71. The van der Waals surface area contributed by atoms with E-state index in [2.05, 4.69) is 10.6 Å². The number of nitroso groups, excluding NO2 is 1. The van der Waals surface area contributed by atoms with Gasteiger partial charge in [0.25, 0.3) is 0 Å². The van der Waals surface area contributed by atoms with E-state index in [9.17, 15) is 10.1 Å². The Morgan fingerprint density at radius 1 is 0.929 bits per heavy atom. The van der Waals surface area contributed by atoms with Gasteiger partial charge in [-0.25, -0.2) is 0 Å². The van der Waals surface area contributed by atoms with E-state index < -0.39 is 0 Å². The monoisotopic (exact) mass is 389 g/mol. The second kappa shape index (κ2) is 13.0. The highest BCUT2D eigenvalue weighted by Gasteiger charge is 2.09. The van der Waals surface area contributed by atoms with Gasteiger partial charge in [-0.3, -0.25) is 0 Å². The Kier molecular flexibility index (Phi) is 10.6. The lowest BCUT2D eigenvalue weighted by molar-refractivity contribution is -0.556. The smallest absolute Gasteiger partial charge is 0.197 e. The molecule has 2 aromatic rings. The van der Waals surface area contributed by atoms with Crippen molar-refractivity contribution >= 4 is 11.4 Å². The molecule has 0 heterocycles. The molecule has 0 aromatic heterocycles. The topological polar surface area (TPSA) is 136 Å². The van der Waals surface area contributed by atoms with Crippen LogP contribution < -0.4 is 15.9 Å². The van der Waals surface area contributed by atoms with Crippen LogP contribution >= 0.6 is 0 Å². The van der Waals surface area contributed by atoms with Crippen LogP contribution in [0.5, 0.6) is 5.75 Å². The number of rotatable bonds is 12. The zero-order chi connectivity index (χ0) is 19.3. The lowest BCUT2D eigenvalue weighted by Crippen LogP contribution is -2.07. The number of hydrogen-bond acceptors (Lipinski definition) is 6. The van der Waals surface area contributed by atoms with Crippen LogP contribution in [0.25, 0.3) is 0 Å². The molecule has 4 N–H and O–H groups in total. The van der Waals surface area contributed by atoms with Crippen molar-refractivity contribution < 1.29 is 14.8 Å². The van der Waals surface area contributed by atoms with Gasteiger partial charge in [-0.05, 0) is 49.2 Å². The zero-order valence-electron chi connectivity index (χ0n) is 15.8. The molecule has 0 saturated heterocycles. The number of para-hydroxylation sites is 1. The van der Waals surface area contributed by atoms with E-state index in [1.165, 1.54) is 5.01 Å². The first kappa shape index (κ1) is 22.8. The Balaban J connectivity index is 0.00000392. The standard InChI is InChI=1S/C19H24N4O4.H3N/c24-20-22(26)15-7-2-1-3-8-16-27-19-13-11-18(12-14-19)23(21-25)17-9-5-4-6-10-17;/h4-6,9-14,24H,1-3,7-8,15-16H2;1H3. The minimum absolute atomic E-state index is 0. The lowest BCUT2D eigenvalue weighted by atomic mass is 10.1. The minimum Gasteiger partial charge on any atom is -0.597 e. The molecule has 0 amide bonds. The molecule has 0 bridgehead atoms. The predicted molar refractivity (Wildman–Crippen MR) is 107 cm³/mol. The van der Waals surface area contributed by atoms with Crippen molar-refractivity contribution in [2.75, 3.05) is 18.2 Å². The average Bonchev–Trinajstić information content (AvgIpc) is 2.72. The number of anilines is 2. The van der Waals surface area contributed by atoms with Crippen LogP contribution in [0.1, 0.15) is 32.1 Å². The number of hydroxylamine groups is 1. The summed E-state index contributed by atoms with van der Waals surface area (Å²) in [6, 6.07) is 16.4. The van der Waals surface area contributed by atoms with E-state index in [0.717, 1.165) is 31.4 Å². The van der Waals surface area contributed by atoms with Crippen LogP contribution in [0.4, 0.5) is 11.4 Å². The van der Waals surface area contributed by atoms with Crippen molar-refractivity contribution in [2.24, 2.45) is 10.6 Å². The number of unbranched alkanes of at least 4 members (excludes halogenated alkanes) is 4. The molecule has 28 heavy (non-hydrogen) atoms. The predicted octanol–water partition coefficient (Wildman–Crippen LogP) is 5.35. The van der Waals surface area contributed by atoms with Gasteiger partial charge in [0.2, 0.25) is 0 Å². The maximum Gasteiger partial charge on any atom is 0.197 e. The van der Waals surface area contributed by atoms with Gasteiger partial charge in [0.1, 0.15) is 5.75 Å². The van der Waals surface area contributed by atoms with E-state index in [0.29, 0.717) is 24.4 Å². The largest absolute Gasteiger partial charge is 0.597 e. The van der Waals surface area contributed by atoms with Gasteiger partial charge in [0.15, 0.2) is 11.8 Å². The molecule has 0 unspecified atom stereocenters. The first-order valence-corrected chi connectivity index (χ1v) is 8.95. The molecule has 9 nitrogen and oxygen atoms in total. The summed E-state index contributed by atoms with van der Waals surface area (Å²) in [5, 5.41) is 25.9. The van der Waals surface area contributed by atoms with E-state index in [4.69, 9.17) is 9.94 Å². The van der Waals surface area contributed by atoms with Gasteiger partial charge >= 0.3 is 0 Å². The van der Waals surface area contributed by atoms with Crippen molar-refractivity contribution in [1.29, 1.82) is 0 Å². The molecule has 0 fully saturated rings. The quantitative estimate of drug-likeness (QED) is 0.165. The van der Waals surface area contributed by atoms with Crippen LogP contribution in [-0.4, -0.2) is 23.2 Å². The zero-order valence-corrected chi connectivity index (χ0v) is 15.8. The number of nitrogens with zero attached hydrogens (tertiary/aromatic N) is 4. The van der Waals surface area contributed by atoms with E-state index in [1.54, 1.807) is 12.1 Å². The second-order valence-electron chi connectivity index (χ2n) is 6.00. The Morgan fingerprint density at radius 2 is 1.54 bits per heavy atom. The van der Waals surface area contributed by atoms with Gasteiger partial charge in [-0.1, -0.05) is 35.9 Å². The Bertz CT molecular complexity index is 710. The summed E-state index contributed by atoms with van der Waals surface area (Å²) in [4.78, 5) is 11.5. The van der Waals surface area contributed by atoms with Crippen molar-refractivity contribution in [3.05, 3.63) is 64.7 Å². The minimum atomic E-state index is 0. The first-order valence-electron chi connectivity index (χ1n) is 8.95. The summed E-state index contributed by atoms with van der Waals surface area (Å²) in [6.07, 6.45) is 4.54. The fraction of sp³-hybridized carbons (Fsp3) is 0.368. The Morgan fingerprint density at radius 3 is 2.18 bits per heavy atom. The molecular weight excluding hydrogens is 362 g/mol. The maximum absolute atomic E-state index is 11.2. The summed E-state index contributed by atoms with van der Waals surface area (Å²) >= 11 is 0. The van der Waals surface area contributed by atoms with Crippen LogP contribution in [0.15, 0.2) is 65.2 Å². The van der Waals surface area contributed by atoms with Crippen molar-refractivity contribution in [3.63, 3.8) is 0 Å². The molecular formula is C19H27N5O4. The Labute approximate surface area is 164 Å². The highest BCUT2D eigenvalue weighted by Crippen LogP contribution is 2.27. The van der Waals surface area contributed by atoms with Gasteiger partial charge in [-0.2, -0.15) is 5.01 Å². The maximum atomic E-state index is 11.2. The third-order valence-electron chi connectivity index (χ3n) is 4.03. The fourth-order valence-corrected chi connectivity index (χ4v) is 2.61. The first-order chi connectivity index (χ1) is 13.2. The van der Waals surface area contributed by atoms with E-state index >= 15 is 0 Å². The lowest BCUT2D eigenvalue weighted by Gasteiger charge is -2.15. The molecule has 0 aliphatic rings. The number of hydrogen-bond donors (Lipinski definition) is 2. The Hall–Kier alpha value is -3.20. The SMILES string of the molecule is N.O=NN(c1ccccc1)c1ccc(OCCCCCCC[N+]([O-])=NO)cc1. The number of ether oxygens (including phenoxy) is 1. The molecule has 0 aliphatic carbocycles. The average molecular weight is 389 g/mol. The van der Waals surface area contributed by atoms with Gasteiger partial charge < -0.3 is 21.3 Å². The molecule has 2 aromatic carbocycles. The van der Waals surface area contributed by atoms with E-state index in [1.807, 2.05) is 42.5 Å². The molecule has 9 heteroatoms. The van der Waals surface area contributed by atoms with Gasteiger partial charge in [0, 0.05) is 6.42 Å². The van der Waals surface area contributed by atoms with Gasteiger partial charge in [-0.15, -0.1) is 4.91 Å². The summed E-state index contributed by atoms with van der Waals surface area (Å²) in [5.41, 5.74) is 1.37. The van der Waals surface area contributed by atoms with Crippen LogP contribution in [-0.2, 0) is 0 Å². The van der Waals surface area contributed by atoms with Gasteiger partial charge in [0.05, 0.1) is 23.3 Å². The summed E-state index contributed by atoms with van der Waals surface area (Å²) in [7, 11) is 0. The third-order valence-corrected chi connectivity index (χ3v) is 4.03. The summed E-state index contributed by atoms with van der Waals surface area (Å²) in [6.45, 7) is 0.822. The fourth-order valence-electron chi connectivity index (χ4n) is 2.61. The van der Waals surface area contributed by atoms with Crippen molar-refractivity contribution in [2.45, 2.75) is 32.1 Å². The highest BCUT2D eigenvalue weighted by atomic mass is 16.6. The molecule has 0 saturated carbocycles. The third kappa shape index (κ3) is 7.58. The molecule has 0 spiro atoms. The molecule has 0 radical (unpaired) electrons. The highest BCUT2D eigenvalue weighted by molar-refractivity contribution is 5.62. The molecule has 152 valence electrons. The van der Waals surface area contributed by atoms with Crippen LogP contribution in [0.3, 0.4) is 0 Å². The van der Waals surface area contributed by atoms with Crippen LogP contribution in [0.2, 0.25) is 0 Å². The van der Waals surface area contributed by atoms with Crippen molar-refractivity contribution in [3.8, 4) is 5.75 Å². The molecule has 0 aliphatic heterocycles. The molecule has 0 atom stereocenters. The second-order valence-corrected chi connectivity index (χ2v) is 6.00.